The predicted octanol–water partition coefficient (Wildman–Crippen LogP) is 5.01. The summed E-state index contributed by atoms with van der Waals surface area (Å²) in [4.78, 5) is 38.4. The van der Waals surface area contributed by atoms with E-state index in [4.69, 9.17) is 5.11 Å². The Morgan fingerprint density at radius 1 is 0.730 bits per heavy atom. The van der Waals surface area contributed by atoms with E-state index in [0.29, 0.717) is 5.69 Å². The van der Waals surface area contributed by atoms with Crippen LogP contribution in [-0.4, -0.2) is 31.1 Å². The van der Waals surface area contributed by atoms with Crippen molar-refractivity contribution in [3.05, 3.63) is 118 Å². The van der Waals surface area contributed by atoms with E-state index < -0.39 is 27.6 Å². The summed E-state index contributed by atoms with van der Waals surface area (Å²) in [7, 11) is -4.06. The van der Waals surface area contributed by atoms with Crippen LogP contribution in [0.2, 0.25) is 0 Å². The van der Waals surface area contributed by atoms with Crippen LogP contribution in [0, 0.1) is 6.92 Å². The minimum absolute atomic E-state index is 0.0163. The zero-order valence-electron chi connectivity index (χ0n) is 19.5. The molecule has 0 fully saturated rings. The second-order valence-corrected chi connectivity index (χ2v) is 10.2. The summed E-state index contributed by atoms with van der Waals surface area (Å²) in [5.74, 6) is -2.01. The van der Waals surface area contributed by atoms with Crippen molar-refractivity contribution in [1.82, 2.24) is 0 Å². The highest BCUT2D eigenvalue weighted by Gasteiger charge is 2.35. The molecule has 0 aliphatic heterocycles. The lowest BCUT2D eigenvalue weighted by atomic mass is 9.82. The fraction of sp³-hybridized carbons (Fsp3) is 0.0357. The summed E-state index contributed by atoms with van der Waals surface area (Å²) in [5.41, 5.74) is 2.08. The number of carboxylic acid groups (broad SMARTS) is 1. The number of sulfonamides is 1. The lowest BCUT2D eigenvalue weighted by Crippen LogP contribution is -2.25. The van der Waals surface area contributed by atoms with Crippen molar-refractivity contribution in [3.63, 3.8) is 0 Å². The lowest BCUT2D eigenvalue weighted by Gasteiger charge is -2.24. The maximum absolute atomic E-state index is 13.6. The first kappa shape index (κ1) is 24.0. The van der Waals surface area contributed by atoms with E-state index in [-0.39, 0.29) is 44.1 Å². The van der Waals surface area contributed by atoms with Gasteiger partial charge in [-0.2, -0.15) is 0 Å². The molecule has 0 aromatic heterocycles. The molecular weight excluding hydrogens is 492 g/mol. The third-order valence-electron chi connectivity index (χ3n) is 6.06. The molecule has 3 N–H and O–H groups in total. The van der Waals surface area contributed by atoms with Crippen molar-refractivity contribution in [3.8, 4) is 0 Å². The molecule has 0 spiro atoms. The minimum Gasteiger partial charge on any atom is -0.478 e. The summed E-state index contributed by atoms with van der Waals surface area (Å²) in [6, 6.07) is 21.4. The van der Waals surface area contributed by atoms with Crippen molar-refractivity contribution in [2.24, 2.45) is 0 Å². The molecule has 5 rings (SSSR count). The van der Waals surface area contributed by atoms with Crippen LogP contribution in [0.25, 0.3) is 0 Å². The van der Waals surface area contributed by atoms with Crippen LogP contribution in [0.5, 0.6) is 0 Å². The number of hydrogen-bond acceptors (Lipinski definition) is 6. The third-order valence-corrected chi connectivity index (χ3v) is 7.44. The van der Waals surface area contributed by atoms with Gasteiger partial charge in [0.2, 0.25) is 0 Å². The number of aryl methyl sites for hydroxylation is 1. The van der Waals surface area contributed by atoms with Gasteiger partial charge in [-0.05, 0) is 55.5 Å². The highest BCUT2D eigenvalue weighted by atomic mass is 32.2. The van der Waals surface area contributed by atoms with Crippen LogP contribution in [0.15, 0.2) is 89.8 Å². The molecule has 4 aromatic rings. The topological polar surface area (TPSA) is 130 Å². The van der Waals surface area contributed by atoms with Gasteiger partial charge in [0, 0.05) is 16.8 Å². The lowest BCUT2D eigenvalue weighted by molar-refractivity contribution is 0.0696. The van der Waals surface area contributed by atoms with E-state index in [1.165, 1.54) is 54.6 Å². The zero-order chi connectivity index (χ0) is 26.3. The number of benzene rings is 4. The first-order valence-electron chi connectivity index (χ1n) is 11.2. The molecule has 0 radical (unpaired) electrons. The highest BCUT2D eigenvalue weighted by molar-refractivity contribution is 7.92. The molecule has 184 valence electrons. The van der Waals surface area contributed by atoms with Crippen LogP contribution in [-0.2, 0) is 10.0 Å². The Hall–Kier alpha value is -4.76. The molecule has 0 amide bonds. The Kier molecular flexibility index (Phi) is 5.85. The van der Waals surface area contributed by atoms with E-state index in [9.17, 15) is 22.8 Å². The average Bonchev–Trinajstić information content (AvgIpc) is 2.88. The summed E-state index contributed by atoms with van der Waals surface area (Å²) >= 11 is 0. The number of anilines is 3. The number of fused-ring (bicyclic) bond motifs is 2. The van der Waals surface area contributed by atoms with Crippen molar-refractivity contribution in [2.75, 3.05) is 10.0 Å². The Morgan fingerprint density at radius 3 is 1.84 bits per heavy atom. The van der Waals surface area contributed by atoms with Crippen molar-refractivity contribution in [2.45, 2.75) is 11.8 Å². The molecule has 8 nitrogen and oxygen atoms in total. The Bertz CT molecular complexity index is 1690. The van der Waals surface area contributed by atoms with Crippen LogP contribution >= 0.6 is 0 Å². The minimum atomic E-state index is -4.06. The summed E-state index contributed by atoms with van der Waals surface area (Å²) < 4.78 is 28.7. The second-order valence-electron chi connectivity index (χ2n) is 8.54. The van der Waals surface area contributed by atoms with Gasteiger partial charge in [0.15, 0.2) is 11.6 Å². The van der Waals surface area contributed by atoms with E-state index in [1.54, 1.807) is 30.3 Å². The van der Waals surface area contributed by atoms with Gasteiger partial charge >= 0.3 is 5.97 Å². The molecule has 0 heterocycles. The molecule has 0 saturated carbocycles. The smallest absolute Gasteiger partial charge is 0.335 e. The standard InChI is InChI=1S/C28H20N2O6S/c1-16-6-12-19(13-7-16)37(35,36)30-23-15-14-22(29-18-10-8-17(9-11-18)28(33)34)24-25(23)27(32)21-5-3-2-4-20(21)26(24)31/h2-15,29-30H,1H3,(H,33,34). The maximum atomic E-state index is 13.6. The molecule has 9 heteroatoms. The molecule has 0 unspecified atom stereocenters. The van der Waals surface area contributed by atoms with Crippen molar-refractivity contribution in [1.29, 1.82) is 0 Å². The molecule has 37 heavy (non-hydrogen) atoms. The van der Waals surface area contributed by atoms with Gasteiger partial charge in [-0.25, -0.2) is 13.2 Å². The summed E-state index contributed by atoms with van der Waals surface area (Å²) in [6.07, 6.45) is 0. The molecule has 0 saturated heterocycles. The van der Waals surface area contributed by atoms with Crippen molar-refractivity contribution < 1.29 is 27.9 Å². The molecule has 1 aliphatic carbocycles. The van der Waals surface area contributed by atoms with E-state index in [0.717, 1.165) is 5.56 Å². The Labute approximate surface area is 212 Å². The molecule has 0 atom stereocenters. The van der Waals surface area contributed by atoms with Crippen LogP contribution in [0.1, 0.15) is 47.8 Å². The van der Waals surface area contributed by atoms with Gasteiger partial charge in [-0.1, -0.05) is 42.0 Å². The van der Waals surface area contributed by atoms with Gasteiger partial charge < -0.3 is 10.4 Å². The van der Waals surface area contributed by atoms with Gasteiger partial charge in [0.25, 0.3) is 10.0 Å². The Morgan fingerprint density at radius 2 is 1.27 bits per heavy atom. The number of nitrogens with one attached hydrogen (secondary N) is 2. The fourth-order valence-electron chi connectivity index (χ4n) is 4.18. The van der Waals surface area contributed by atoms with Gasteiger partial charge in [-0.15, -0.1) is 0 Å². The fourth-order valence-corrected chi connectivity index (χ4v) is 5.26. The number of carbonyl (C=O) groups is 3. The first-order valence-corrected chi connectivity index (χ1v) is 12.7. The van der Waals surface area contributed by atoms with Gasteiger partial charge in [0.1, 0.15) is 0 Å². The summed E-state index contributed by atoms with van der Waals surface area (Å²) in [5, 5.41) is 12.2. The number of hydrogen-bond donors (Lipinski definition) is 3. The third kappa shape index (κ3) is 4.36. The number of carbonyl (C=O) groups excluding carboxylic acids is 2. The number of ketones is 2. The second kappa shape index (κ2) is 9.03. The Balaban J connectivity index is 1.63. The zero-order valence-corrected chi connectivity index (χ0v) is 20.3. The molecule has 4 aromatic carbocycles. The summed E-state index contributed by atoms with van der Waals surface area (Å²) in [6.45, 7) is 1.84. The molecular formula is C28H20N2O6S. The quantitative estimate of drug-likeness (QED) is 0.291. The average molecular weight is 513 g/mol. The van der Waals surface area contributed by atoms with Gasteiger partial charge in [-0.3, -0.25) is 14.3 Å². The number of aromatic carboxylic acids is 1. The SMILES string of the molecule is Cc1ccc(S(=O)(=O)Nc2ccc(Nc3ccc(C(=O)O)cc3)c3c2C(=O)c2ccccc2C3=O)cc1. The van der Waals surface area contributed by atoms with Crippen LogP contribution in [0.3, 0.4) is 0 Å². The predicted molar refractivity (Wildman–Crippen MR) is 138 cm³/mol. The molecule has 0 bridgehead atoms. The van der Waals surface area contributed by atoms with Crippen molar-refractivity contribution >= 4 is 44.6 Å². The van der Waals surface area contributed by atoms with E-state index in [1.807, 2.05) is 6.92 Å². The van der Waals surface area contributed by atoms with E-state index in [2.05, 4.69) is 10.0 Å². The maximum Gasteiger partial charge on any atom is 0.335 e. The van der Waals surface area contributed by atoms with Crippen LogP contribution < -0.4 is 10.0 Å². The largest absolute Gasteiger partial charge is 0.478 e. The highest BCUT2D eigenvalue weighted by Crippen LogP contribution is 2.38. The van der Waals surface area contributed by atoms with E-state index >= 15 is 0 Å². The first-order chi connectivity index (χ1) is 17.7. The number of carboxylic acids is 1. The number of rotatable bonds is 6. The monoisotopic (exact) mass is 512 g/mol. The normalized spacial score (nSPS) is 12.5. The molecule has 1 aliphatic rings. The van der Waals surface area contributed by atoms with Crippen LogP contribution in [0.4, 0.5) is 17.1 Å². The van der Waals surface area contributed by atoms with Gasteiger partial charge in [0.05, 0.1) is 33.0 Å².